The van der Waals surface area contributed by atoms with E-state index in [4.69, 9.17) is 5.73 Å². The smallest absolute Gasteiger partial charge is 0.311 e. The van der Waals surface area contributed by atoms with Crippen LogP contribution in [0.4, 0.5) is 11.4 Å². The first-order chi connectivity index (χ1) is 9.63. The molecule has 1 aromatic carbocycles. The van der Waals surface area contributed by atoms with Crippen LogP contribution in [0.2, 0.25) is 0 Å². The van der Waals surface area contributed by atoms with Crippen molar-refractivity contribution in [2.24, 2.45) is 5.73 Å². The van der Waals surface area contributed by atoms with Gasteiger partial charge in [-0.1, -0.05) is 28.1 Å². The fourth-order valence-corrected chi connectivity index (χ4v) is 2.18. The molecule has 0 aliphatic carbocycles. The maximum atomic E-state index is 11.1. The predicted octanol–water partition coefficient (Wildman–Crippen LogP) is 2.83. The van der Waals surface area contributed by atoms with Gasteiger partial charge in [0.2, 0.25) is 0 Å². The average Bonchev–Trinajstić information content (AvgIpc) is 2.43. The molecule has 0 radical (unpaired) electrons. The van der Waals surface area contributed by atoms with E-state index in [-0.39, 0.29) is 5.69 Å². The fraction of sp³-hybridized carbons (Fsp3) is 0.154. The normalized spacial score (nSPS) is 11.1. The van der Waals surface area contributed by atoms with Crippen LogP contribution in [0.25, 0.3) is 10.9 Å². The highest BCUT2D eigenvalue weighted by Gasteiger charge is 2.17. The number of aromatic nitrogens is 1. The van der Waals surface area contributed by atoms with Crippen LogP contribution >= 0.6 is 15.9 Å². The molecule has 6 nitrogen and oxygen atoms in total. The minimum absolute atomic E-state index is 0.0447. The molecule has 1 aromatic heterocycles. The maximum Gasteiger partial charge on any atom is 0.311 e. The van der Waals surface area contributed by atoms with Gasteiger partial charge < -0.3 is 11.1 Å². The van der Waals surface area contributed by atoms with Crippen molar-refractivity contribution in [2.45, 2.75) is 0 Å². The molecule has 0 aliphatic rings. The van der Waals surface area contributed by atoms with Crippen molar-refractivity contribution in [1.29, 1.82) is 0 Å². The Morgan fingerprint density at radius 1 is 1.45 bits per heavy atom. The highest BCUT2D eigenvalue weighted by Crippen LogP contribution is 2.32. The lowest BCUT2D eigenvalue weighted by atomic mass is 10.1. The highest BCUT2D eigenvalue weighted by atomic mass is 79.9. The first-order valence-electron chi connectivity index (χ1n) is 5.95. The van der Waals surface area contributed by atoms with Crippen LogP contribution in [-0.2, 0) is 0 Å². The number of nitrogens with two attached hydrogens (primary N) is 1. The van der Waals surface area contributed by atoms with Crippen LogP contribution in [0.1, 0.15) is 0 Å². The van der Waals surface area contributed by atoms with Crippen LogP contribution in [0.15, 0.2) is 41.0 Å². The van der Waals surface area contributed by atoms with Crippen molar-refractivity contribution in [3.63, 3.8) is 0 Å². The second-order valence-corrected chi connectivity index (χ2v) is 4.94. The van der Waals surface area contributed by atoms with Gasteiger partial charge in [0.1, 0.15) is 11.9 Å². The number of fused-ring (bicyclic) bond motifs is 1. The van der Waals surface area contributed by atoms with Gasteiger partial charge in [0, 0.05) is 22.9 Å². The topological polar surface area (TPSA) is 94.1 Å². The Morgan fingerprint density at radius 2 is 2.25 bits per heavy atom. The van der Waals surface area contributed by atoms with Crippen LogP contribution in [0.5, 0.6) is 0 Å². The summed E-state index contributed by atoms with van der Waals surface area (Å²) in [6.07, 6.45) is 4.89. The lowest BCUT2D eigenvalue weighted by molar-refractivity contribution is -0.384. The number of nitro groups is 1. The molecule has 3 N–H and O–H groups in total. The fourth-order valence-electron chi connectivity index (χ4n) is 1.82. The second-order valence-electron chi connectivity index (χ2n) is 4.03. The standard InChI is InChI=1S/C13H13BrN4O2/c14-9-3-4-11-10(7-9)13(16-6-2-1-5-15)12(8-17-11)18(19)20/h1-4,7-8H,5-6,15H2,(H,16,17)/b2-1+. The zero-order valence-electron chi connectivity index (χ0n) is 10.5. The quantitative estimate of drug-likeness (QED) is 0.497. The monoisotopic (exact) mass is 336 g/mol. The van der Waals surface area contributed by atoms with Crippen LogP contribution < -0.4 is 11.1 Å². The molecule has 0 aliphatic heterocycles. The lowest BCUT2D eigenvalue weighted by Crippen LogP contribution is -2.04. The van der Waals surface area contributed by atoms with Gasteiger partial charge in [-0.3, -0.25) is 10.1 Å². The van der Waals surface area contributed by atoms with Crippen LogP contribution in [-0.4, -0.2) is 23.0 Å². The Kier molecular flexibility index (Phi) is 4.65. The molecular formula is C13H13BrN4O2. The van der Waals surface area contributed by atoms with E-state index in [9.17, 15) is 10.1 Å². The molecule has 20 heavy (non-hydrogen) atoms. The Labute approximate surface area is 124 Å². The van der Waals surface area contributed by atoms with Gasteiger partial charge in [-0.05, 0) is 18.2 Å². The summed E-state index contributed by atoms with van der Waals surface area (Å²) in [5, 5.41) is 14.9. The number of benzene rings is 1. The number of hydrogen-bond donors (Lipinski definition) is 2. The molecule has 7 heteroatoms. The number of nitrogens with one attached hydrogen (secondary N) is 1. The molecule has 0 saturated heterocycles. The van der Waals surface area contributed by atoms with E-state index in [0.717, 1.165) is 4.47 Å². The third-order valence-electron chi connectivity index (χ3n) is 2.71. The molecule has 2 rings (SSSR count). The SMILES string of the molecule is NC/C=C/CNc1c([N+](=O)[O-])cnc2ccc(Br)cc12. The van der Waals surface area contributed by atoms with Gasteiger partial charge in [-0.15, -0.1) is 0 Å². The zero-order valence-corrected chi connectivity index (χ0v) is 12.1. The summed E-state index contributed by atoms with van der Waals surface area (Å²) in [4.78, 5) is 14.8. The van der Waals surface area contributed by atoms with E-state index in [1.54, 1.807) is 6.08 Å². The molecule has 0 atom stereocenters. The summed E-state index contributed by atoms with van der Waals surface area (Å²) in [5.41, 5.74) is 6.47. The van der Waals surface area contributed by atoms with Gasteiger partial charge >= 0.3 is 5.69 Å². The second kappa shape index (κ2) is 6.44. The molecule has 0 unspecified atom stereocenters. The number of anilines is 1. The van der Waals surface area contributed by atoms with E-state index < -0.39 is 4.92 Å². The average molecular weight is 337 g/mol. The summed E-state index contributed by atoms with van der Waals surface area (Å²) < 4.78 is 0.841. The highest BCUT2D eigenvalue weighted by molar-refractivity contribution is 9.10. The number of rotatable bonds is 5. The van der Waals surface area contributed by atoms with E-state index >= 15 is 0 Å². The molecule has 0 amide bonds. The Balaban J connectivity index is 2.50. The minimum atomic E-state index is -0.442. The zero-order chi connectivity index (χ0) is 14.5. The van der Waals surface area contributed by atoms with Crippen LogP contribution in [0, 0.1) is 10.1 Å². The van der Waals surface area contributed by atoms with Crippen molar-refractivity contribution < 1.29 is 4.92 Å². The van der Waals surface area contributed by atoms with E-state index in [1.165, 1.54) is 6.20 Å². The van der Waals surface area contributed by atoms with Crippen molar-refractivity contribution in [1.82, 2.24) is 4.98 Å². The first-order valence-corrected chi connectivity index (χ1v) is 6.74. The van der Waals surface area contributed by atoms with Gasteiger partial charge in [0.05, 0.1) is 10.4 Å². The molecule has 104 valence electrons. The van der Waals surface area contributed by atoms with E-state index in [2.05, 4.69) is 26.2 Å². The number of nitrogens with zero attached hydrogens (tertiary/aromatic N) is 2. The summed E-state index contributed by atoms with van der Waals surface area (Å²) in [6, 6.07) is 5.47. The van der Waals surface area contributed by atoms with Crippen molar-refractivity contribution >= 4 is 38.2 Å². The Hall–Kier alpha value is -1.99. The van der Waals surface area contributed by atoms with Crippen LogP contribution in [0.3, 0.4) is 0 Å². The minimum Gasteiger partial charge on any atom is -0.375 e. The summed E-state index contributed by atoms with van der Waals surface area (Å²) in [6.45, 7) is 0.899. The molecule has 0 bridgehead atoms. The molecule has 2 aromatic rings. The Bertz CT molecular complexity index is 673. The van der Waals surface area contributed by atoms with Gasteiger partial charge in [-0.25, -0.2) is 4.98 Å². The Morgan fingerprint density at radius 3 is 2.95 bits per heavy atom. The molecule has 0 fully saturated rings. The first kappa shape index (κ1) is 14.4. The maximum absolute atomic E-state index is 11.1. The molecular weight excluding hydrogens is 324 g/mol. The predicted molar refractivity (Wildman–Crippen MR) is 82.8 cm³/mol. The summed E-state index contributed by atoms with van der Waals surface area (Å²) in [5.74, 6) is 0. The summed E-state index contributed by atoms with van der Waals surface area (Å²) in [7, 11) is 0. The van der Waals surface area contributed by atoms with Crippen molar-refractivity contribution in [3.8, 4) is 0 Å². The molecule has 1 heterocycles. The number of pyridine rings is 1. The van der Waals surface area contributed by atoms with Crippen molar-refractivity contribution in [3.05, 3.63) is 51.1 Å². The third-order valence-corrected chi connectivity index (χ3v) is 3.20. The lowest BCUT2D eigenvalue weighted by Gasteiger charge is -2.08. The number of hydrogen-bond acceptors (Lipinski definition) is 5. The van der Waals surface area contributed by atoms with Crippen molar-refractivity contribution in [2.75, 3.05) is 18.4 Å². The largest absolute Gasteiger partial charge is 0.375 e. The van der Waals surface area contributed by atoms with E-state index in [0.29, 0.717) is 29.7 Å². The number of halogens is 1. The third kappa shape index (κ3) is 3.12. The van der Waals surface area contributed by atoms with Gasteiger partial charge in [0.25, 0.3) is 0 Å². The van der Waals surface area contributed by atoms with Gasteiger partial charge in [0.15, 0.2) is 0 Å². The summed E-state index contributed by atoms with van der Waals surface area (Å²) >= 11 is 3.37. The van der Waals surface area contributed by atoms with E-state index in [1.807, 2.05) is 24.3 Å². The van der Waals surface area contributed by atoms with Gasteiger partial charge in [-0.2, -0.15) is 0 Å². The molecule has 0 spiro atoms. The molecule has 0 saturated carbocycles.